The normalized spacial score (nSPS) is 11.3. The first-order valence-electron chi connectivity index (χ1n) is 4.82. The van der Waals surface area contributed by atoms with Crippen molar-refractivity contribution in [2.45, 2.75) is 6.18 Å². The zero-order valence-corrected chi connectivity index (χ0v) is 9.87. The van der Waals surface area contributed by atoms with E-state index >= 15 is 0 Å². The van der Waals surface area contributed by atoms with Crippen LogP contribution in [0.5, 0.6) is 0 Å². The summed E-state index contributed by atoms with van der Waals surface area (Å²) in [5, 5.41) is 12.2. The Balaban J connectivity index is 2.64. The summed E-state index contributed by atoms with van der Waals surface area (Å²) < 4.78 is 38.9. The quantitative estimate of drug-likeness (QED) is 0.817. The summed E-state index contributed by atoms with van der Waals surface area (Å²) in [6.45, 7) is 0. The van der Waals surface area contributed by atoms with E-state index in [0.717, 1.165) is 4.68 Å². The number of pyridine rings is 1. The van der Waals surface area contributed by atoms with Crippen LogP contribution < -0.4 is 5.73 Å². The van der Waals surface area contributed by atoms with Crippen LogP contribution in [0.4, 0.5) is 19.0 Å². The molecule has 0 aliphatic rings. The third-order valence-electron chi connectivity index (χ3n) is 2.26. The van der Waals surface area contributed by atoms with E-state index in [2.05, 4.69) is 10.1 Å². The fourth-order valence-corrected chi connectivity index (χ4v) is 1.54. The number of anilines is 1. The predicted molar refractivity (Wildman–Crippen MR) is 60.5 cm³/mol. The molecule has 2 heterocycles. The molecule has 0 spiro atoms. The fourth-order valence-electron chi connectivity index (χ4n) is 1.43. The van der Waals surface area contributed by atoms with E-state index < -0.39 is 23.3 Å². The lowest BCUT2D eigenvalue weighted by atomic mass is 10.2. The maximum atomic E-state index is 12.7. The van der Waals surface area contributed by atoms with Crippen molar-refractivity contribution in [3.05, 3.63) is 34.7 Å². The second kappa shape index (κ2) is 4.44. The minimum absolute atomic E-state index is 0.172. The van der Waals surface area contributed by atoms with Crippen LogP contribution >= 0.6 is 11.6 Å². The van der Waals surface area contributed by atoms with Gasteiger partial charge in [0.15, 0.2) is 5.69 Å². The van der Waals surface area contributed by atoms with Gasteiger partial charge in [0.1, 0.15) is 22.6 Å². The Morgan fingerprint density at radius 3 is 2.47 bits per heavy atom. The second-order valence-electron chi connectivity index (χ2n) is 3.47. The summed E-state index contributed by atoms with van der Waals surface area (Å²) in [5.41, 5.74) is 3.62. The number of alkyl halides is 3. The lowest BCUT2D eigenvalue weighted by Gasteiger charge is -2.03. The molecular formula is C10H5ClF3N5. The van der Waals surface area contributed by atoms with Gasteiger partial charge >= 0.3 is 6.18 Å². The number of hydrogen-bond donors (Lipinski definition) is 1. The van der Waals surface area contributed by atoms with E-state index in [9.17, 15) is 13.2 Å². The number of nitrogens with zero attached hydrogens (tertiary/aromatic N) is 4. The van der Waals surface area contributed by atoms with Gasteiger partial charge < -0.3 is 5.73 Å². The number of hydrogen-bond acceptors (Lipinski definition) is 4. The third-order valence-corrected chi connectivity index (χ3v) is 2.48. The molecule has 19 heavy (non-hydrogen) atoms. The van der Waals surface area contributed by atoms with Gasteiger partial charge in [-0.15, -0.1) is 0 Å². The highest BCUT2D eigenvalue weighted by molar-refractivity contribution is 6.29. The van der Waals surface area contributed by atoms with Gasteiger partial charge in [-0.25, -0.2) is 9.67 Å². The Morgan fingerprint density at radius 1 is 1.37 bits per heavy atom. The molecular weight excluding hydrogens is 283 g/mol. The van der Waals surface area contributed by atoms with Crippen molar-refractivity contribution in [1.82, 2.24) is 14.8 Å². The van der Waals surface area contributed by atoms with Crippen molar-refractivity contribution in [1.29, 1.82) is 5.26 Å². The molecule has 0 unspecified atom stereocenters. The molecule has 2 aromatic rings. The van der Waals surface area contributed by atoms with Crippen LogP contribution in [0.3, 0.4) is 0 Å². The molecule has 0 atom stereocenters. The van der Waals surface area contributed by atoms with Gasteiger partial charge in [-0.2, -0.15) is 23.5 Å². The topological polar surface area (TPSA) is 80.5 Å². The van der Waals surface area contributed by atoms with Gasteiger partial charge in [-0.05, 0) is 12.1 Å². The first-order chi connectivity index (χ1) is 8.84. The number of nitrogen functional groups attached to an aromatic ring is 1. The highest BCUT2D eigenvalue weighted by atomic mass is 35.5. The molecule has 2 rings (SSSR count). The molecule has 0 fully saturated rings. The van der Waals surface area contributed by atoms with Crippen LogP contribution in [0, 0.1) is 11.3 Å². The number of halogens is 4. The summed E-state index contributed by atoms with van der Waals surface area (Å²) in [4.78, 5) is 3.71. The van der Waals surface area contributed by atoms with Crippen LogP contribution in [0.1, 0.15) is 11.3 Å². The molecule has 98 valence electrons. The Hall–Kier alpha value is -2.27. The zero-order chi connectivity index (χ0) is 14.2. The highest BCUT2D eigenvalue weighted by Crippen LogP contribution is 2.34. The molecule has 5 nitrogen and oxygen atoms in total. The molecule has 0 aromatic carbocycles. The standard InChI is InChI=1S/C10H5ClF3N5/c11-7-2-1-5(4-17-7)19-9(16)6(3-15)8(18-19)10(12,13)14/h1-2,4H,16H2. The summed E-state index contributed by atoms with van der Waals surface area (Å²) in [5.74, 6) is -0.404. The molecule has 0 radical (unpaired) electrons. The minimum atomic E-state index is -4.76. The SMILES string of the molecule is N#Cc1c(C(F)(F)F)nn(-c2ccc(Cl)nc2)c1N. The Morgan fingerprint density at radius 2 is 2.05 bits per heavy atom. The van der Waals surface area contributed by atoms with E-state index in [-0.39, 0.29) is 10.8 Å². The maximum Gasteiger partial charge on any atom is 0.436 e. The number of nitriles is 1. The molecule has 0 saturated heterocycles. The van der Waals surface area contributed by atoms with Gasteiger partial charge in [-0.1, -0.05) is 11.6 Å². The van der Waals surface area contributed by atoms with E-state index in [1.54, 1.807) is 0 Å². The molecule has 0 bridgehead atoms. The summed E-state index contributed by atoms with van der Waals surface area (Å²) in [6.07, 6.45) is -3.56. The molecule has 0 saturated carbocycles. The van der Waals surface area contributed by atoms with Crippen LogP contribution in [0.25, 0.3) is 5.69 Å². The third kappa shape index (κ3) is 2.32. The average Bonchev–Trinajstić information content (AvgIpc) is 2.67. The van der Waals surface area contributed by atoms with Crippen LogP contribution in [0.15, 0.2) is 18.3 Å². The Bertz CT molecular complexity index is 654. The highest BCUT2D eigenvalue weighted by Gasteiger charge is 2.39. The number of nitrogens with two attached hydrogens (primary N) is 1. The monoisotopic (exact) mass is 287 g/mol. The van der Waals surface area contributed by atoms with E-state index in [1.165, 1.54) is 24.4 Å². The first-order valence-corrected chi connectivity index (χ1v) is 5.20. The van der Waals surface area contributed by atoms with Crippen molar-refractivity contribution in [2.24, 2.45) is 0 Å². The van der Waals surface area contributed by atoms with Gasteiger partial charge in [0, 0.05) is 0 Å². The van der Waals surface area contributed by atoms with Crippen LogP contribution in [0.2, 0.25) is 5.15 Å². The van der Waals surface area contributed by atoms with Crippen LogP contribution in [-0.2, 0) is 6.18 Å². The van der Waals surface area contributed by atoms with Crippen molar-refractivity contribution < 1.29 is 13.2 Å². The summed E-state index contributed by atoms with van der Waals surface area (Å²) in [6, 6.07) is 4.16. The van der Waals surface area contributed by atoms with Gasteiger partial charge in [0.25, 0.3) is 0 Å². The number of rotatable bonds is 1. The summed E-state index contributed by atoms with van der Waals surface area (Å²) >= 11 is 5.57. The van der Waals surface area contributed by atoms with Crippen molar-refractivity contribution in [3.63, 3.8) is 0 Å². The minimum Gasteiger partial charge on any atom is -0.382 e. The number of aromatic nitrogens is 3. The predicted octanol–water partition coefficient (Wildman–Crippen LogP) is 2.39. The van der Waals surface area contributed by atoms with E-state index in [0.29, 0.717) is 0 Å². The van der Waals surface area contributed by atoms with E-state index in [4.69, 9.17) is 22.6 Å². The molecule has 2 N–H and O–H groups in total. The fraction of sp³-hybridized carbons (Fsp3) is 0.100. The Kier molecular flexibility index (Phi) is 3.08. The lowest BCUT2D eigenvalue weighted by molar-refractivity contribution is -0.141. The van der Waals surface area contributed by atoms with Gasteiger partial charge in [0.05, 0.1) is 11.9 Å². The smallest absolute Gasteiger partial charge is 0.382 e. The first kappa shape index (κ1) is 13.2. The van der Waals surface area contributed by atoms with Crippen molar-refractivity contribution in [3.8, 4) is 11.8 Å². The van der Waals surface area contributed by atoms with Gasteiger partial charge in [-0.3, -0.25) is 0 Å². The zero-order valence-electron chi connectivity index (χ0n) is 9.11. The average molecular weight is 288 g/mol. The largest absolute Gasteiger partial charge is 0.436 e. The van der Waals surface area contributed by atoms with Gasteiger partial charge in [0.2, 0.25) is 0 Å². The van der Waals surface area contributed by atoms with Crippen LogP contribution in [-0.4, -0.2) is 14.8 Å². The van der Waals surface area contributed by atoms with Crippen molar-refractivity contribution in [2.75, 3.05) is 5.73 Å². The molecule has 2 aromatic heterocycles. The molecule has 0 aliphatic heterocycles. The molecule has 9 heteroatoms. The molecule has 0 amide bonds. The maximum absolute atomic E-state index is 12.7. The second-order valence-corrected chi connectivity index (χ2v) is 3.86. The Labute approximate surface area is 110 Å². The van der Waals surface area contributed by atoms with E-state index in [1.807, 2.05) is 0 Å². The lowest BCUT2D eigenvalue weighted by Crippen LogP contribution is -2.08. The molecule has 0 aliphatic carbocycles. The van der Waals surface area contributed by atoms with Crippen molar-refractivity contribution >= 4 is 17.4 Å². The summed E-state index contributed by atoms with van der Waals surface area (Å²) in [7, 11) is 0.